The van der Waals surface area contributed by atoms with E-state index in [-0.39, 0.29) is 11.9 Å². The van der Waals surface area contributed by atoms with E-state index < -0.39 is 0 Å². The van der Waals surface area contributed by atoms with Crippen molar-refractivity contribution in [3.05, 3.63) is 28.2 Å². The van der Waals surface area contributed by atoms with Crippen LogP contribution in [0.1, 0.15) is 19.4 Å². The average Bonchev–Trinajstić information content (AvgIpc) is 2.31. The van der Waals surface area contributed by atoms with E-state index in [0.717, 1.165) is 4.47 Å². The zero-order chi connectivity index (χ0) is 12.8. The molecule has 0 heterocycles. The first-order chi connectivity index (χ1) is 8.08. The number of nitriles is 1. The zero-order valence-electron chi connectivity index (χ0n) is 9.75. The molecule has 4 nitrogen and oxygen atoms in total. The highest BCUT2D eigenvalue weighted by molar-refractivity contribution is 9.10. The Bertz CT molecular complexity index is 454. The van der Waals surface area contributed by atoms with Crippen molar-refractivity contribution in [1.82, 2.24) is 5.32 Å². The maximum atomic E-state index is 11.5. The van der Waals surface area contributed by atoms with E-state index in [2.05, 4.69) is 32.6 Å². The van der Waals surface area contributed by atoms with Gasteiger partial charge in [-0.3, -0.25) is 4.79 Å². The van der Waals surface area contributed by atoms with Crippen LogP contribution in [-0.2, 0) is 4.79 Å². The lowest BCUT2D eigenvalue weighted by Gasteiger charge is -2.15. The standard InChI is InChI=1S/C12H14BrN3O/c1-3-15-12(17)8(2)16-11-5-4-10(13)6-9(11)7-14/h4-6,8,16H,3H2,1-2H3,(H,15,17). The number of likely N-dealkylation sites (N-methyl/N-ethyl adjacent to an activating group) is 1. The largest absolute Gasteiger partial charge is 0.373 e. The van der Waals surface area contributed by atoms with Crippen molar-refractivity contribution in [3.63, 3.8) is 0 Å². The Morgan fingerprint density at radius 2 is 2.29 bits per heavy atom. The van der Waals surface area contributed by atoms with Crippen LogP contribution < -0.4 is 10.6 Å². The molecule has 1 aromatic carbocycles. The van der Waals surface area contributed by atoms with Gasteiger partial charge < -0.3 is 10.6 Å². The van der Waals surface area contributed by atoms with Gasteiger partial charge in [0, 0.05) is 11.0 Å². The molecule has 1 atom stereocenters. The second-order valence-corrected chi connectivity index (χ2v) is 4.48. The van der Waals surface area contributed by atoms with Gasteiger partial charge in [-0.25, -0.2) is 0 Å². The summed E-state index contributed by atoms with van der Waals surface area (Å²) < 4.78 is 0.838. The molecule has 1 rings (SSSR count). The lowest BCUT2D eigenvalue weighted by atomic mass is 10.1. The molecule has 0 aromatic heterocycles. The number of rotatable bonds is 4. The summed E-state index contributed by atoms with van der Waals surface area (Å²) in [5.74, 6) is -0.0840. The van der Waals surface area contributed by atoms with Gasteiger partial charge in [0.25, 0.3) is 0 Å². The van der Waals surface area contributed by atoms with Crippen LogP contribution in [0.5, 0.6) is 0 Å². The Hall–Kier alpha value is -1.54. The van der Waals surface area contributed by atoms with Gasteiger partial charge in [-0.15, -0.1) is 0 Å². The van der Waals surface area contributed by atoms with Gasteiger partial charge in [-0.2, -0.15) is 5.26 Å². The number of halogens is 1. The molecule has 0 spiro atoms. The molecule has 0 aliphatic rings. The van der Waals surface area contributed by atoms with Crippen LogP contribution in [0.25, 0.3) is 0 Å². The van der Waals surface area contributed by atoms with E-state index in [1.165, 1.54) is 0 Å². The van der Waals surface area contributed by atoms with Gasteiger partial charge >= 0.3 is 0 Å². The molecule has 0 aliphatic carbocycles. The molecule has 2 N–H and O–H groups in total. The molecule has 90 valence electrons. The highest BCUT2D eigenvalue weighted by Gasteiger charge is 2.13. The van der Waals surface area contributed by atoms with Crippen LogP contribution >= 0.6 is 15.9 Å². The summed E-state index contributed by atoms with van der Waals surface area (Å²) in [5, 5.41) is 14.7. The van der Waals surface area contributed by atoms with Crippen molar-refractivity contribution in [3.8, 4) is 6.07 Å². The summed E-state index contributed by atoms with van der Waals surface area (Å²) in [6, 6.07) is 7.03. The average molecular weight is 296 g/mol. The van der Waals surface area contributed by atoms with Crippen LogP contribution in [0.3, 0.4) is 0 Å². The van der Waals surface area contributed by atoms with E-state index >= 15 is 0 Å². The summed E-state index contributed by atoms with van der Waals surface area (Å²) in [5.41, 5.74) is 1.17. The molecule has 0 saturated heterocycles. The first kappa shape index (κ1) is 13.5. The number of nitrogens with one attached hydrogen (secondary N) is 2. The monoisotopic (exact) mass is 295 g/mol. The highest BCUT2D eigenvalue weighted by Crippen LogP contribution is 2.20. The van der Waals surface area contributed by atoms with Gasteiger partial charge in [0.2, 0.25) is 5.91 Å². The molecule has 0 bridgehead atoms. The first-order valence-electron chi connectivity index (χ1n) is 5.32. The molecular formula is C12H14BrN3O. The molecule has 1 aromatic rings. The number of carbonyl (C=O) groups is 1. The third-order valence-corrected chi connectivity index (χ3v) is 2.71. The van der Waals surface area contributed by atoms with Crippen molar-refractivity contribution < 1.29 is 4.79 Å². The number of hydrogen-bond acceptors (Lipinski definition) is 3. The molecule has 17 heavy (non-hydrogen) atoms. The molecule has 0 aliphatic heterocycles. The fourth-order valence-corrected chi connectivity index (χ4v) is 1.72. The van der Waals surface area contributed by atoms with Crippen molar-refractivity contribution in [2.24, 2.45) is 0 Å². The third kappa shape index (κ3) is 3.75. The fraction of sp³-hybridized carbons (Fsp3) is 0.333. The Labute approximate surface area is 109 Å². The van der Waals surface area contributed by atoms with Gasteiger partial charge in [-0.1, -0.05) is 15.9 Å². The zero-order valence-corrected chi connectivity index (χ0v) is 11.3. The van der Waals surface area contributed by atoms with Crippen molar-refractivity contribution in [2.75, 3.05) is 11.9 Å². The van der Waals surface area contributed by atoms with Crippen LogP contribution in [0.15, 0.2) is 22.7 Å². The summed E-state index contributed by atoms with van der Waals surface area (Å²) >= 11 is 3.30. The van der Waals surface area contributed by atoms with Gasteiger partial charge in [0.05, 0.1) is 11.3 Å². The number of benzene rings is 1. The first-order valence-corrected chi connectivity index (χ1v) is 6.11. The normalized spacial score (nSPS) is 11.4. The molecule has 0 radical (unpaired) electrons. The summed E-state index contributed by atoms with van der Waals surface area (Å²) in [7, 11) is 0. The second-order valence-electron chi connectivity index (χ2n) is 3.56. The topological polar surface area (TPSA) is 64.9 Å². The van der Waals surface area contributed by atoms with Gasteiger partial charge in [0.15, 0.2) is 0 Å². The van der Waals surface area contributed by atoms with E-state index in [1.54, 1.807) is 19.1 Å². The molecule has 1 amide bonds. The Balaban J connectivity index is 2.82. The van der Waals surface area contributed by atoms with Crippen molar-refractivity contribution in [1.29, 1.82) is 5.26 Å². The fourth-order valence-electron chi connectivity index (χ4n) is 1.36. The molecule has 5 heteroatoms. The smallest absolute Gasteiger partial charge is 0.242 e. The summed E-state index contributed by atoms with van der Waals surface area (Å²) in [6.07, 6.45) is 0. The minimum absolute atomic E-state index is 0.0840. The predicted molar refractivity (Wildman–Crippen MR) is 70.6 cm³/mol. The Morgan fingerprint density at radius 3 is 2.88 bits per heavy atom. The maximum absolute atomic E-state index is 11.5. The van der Waals surface area contributed by atoms with E-state index in [9.17, 15) is 4.79 Å². The SMILES string of the molecule is CCNC(=O)C(C)Nc1ccc(Br)cc1C#N. The van der Waals surface area contributed by atoms with Crippen LogP contribution in [-0.4, -0.2) is 18.5 Å². The van der Waals surface area contributed by atoms with Crippen molar-refractivity contribution >= 4 is 27.5 Å². The van der Waals surface area contributed by atoms with E-state index in [0.29, 0.717) is 17.8 Å². The number of anilines is 1. The maximum Gasteiger partial charge on any atom is 0.242 e. The van der Waals surface area contributed by atoms with Gasteiger partial charge in [-0.05, 0) is 32.0 Å². The van der Waals surface area contributed by atoms with E-state index in [4.69, 9.17) is 5.26 Å². The molecular weight excluding hydrogens is 282 g/mol. The molecule has 1 unspecified atom stereocenters. The number of carbonyl (C=O) groups excluding carboxylic acids is 1. The van der Waals surface area contributed by atoms with Gasteiger partial charge in [0.1, 0.15) is 12.1 Å². The minimum atomic E-state index is -0.372. The second kappa shape index (κ2) is 6.26. The van der Waals surface area contributed by atoms with Crippen LogP contribution in [0.4, 0.5) is 5.69 Å². The summed E-state index contributed by atoms with van der Waals surface area (Å²) in [4.78, 5) is 11.5. The minimum Gasteiger partial charge on any atom is -0.373 e. The number of hydrogen-bond donors (Lipinski definition) is 2. The molecule has 0 fully saturated rings. The third-order valence-electron chi connectivity index (χ3n) is 2.22. The Morgan fingerprint density at radius 1 is 1.59 bits per heavy atom. The lowest BCUT2D eigenvalue weighted by Crippen LogP contribution is -2.37. The highest BCUT2D eigenvalue weighted by atomic mass is 79.9. The Kier molecular flexibility index (Phi) is 4.98. The molecule has 0 saturated carbocycles. The quantitative estimate of drug-likeness (QED) is 0.895. The predicted octanol–water partition coefficient (Wildman–Crippen LogP) is 2.26. The summed E-state index contributed by atoms with van der Waals surface area (Å²) in [6.45, 7) is 4.22. The number of amides is 1. The number of nitrogens with zero attached hydrogens (tertiary/aromatic N) is 1. The van der Waals surface area contributed by atoms with Crippen molar-refractivity contribution in [2.45, 2.75) is 19.9 Å². The lowest BCUT2D eigenvalue weighted by molar-refractivity contribution is -0.121. The van der Waals surface area contributed by atoms with Crippen LogP contribution in [0, 0.1) is 11.3 Å². The van der Waals surface area contributed by atoms with E-state index in [1.807, 2.05) is 13.0 Å². The van der Waals surface area contributed by atoms with Crippen LogP contribution in [0.2, 0.25) is 0 Å².